The van der Waals surface area contributed by atoms with Crippen LogP contribution in [0, 0.1) is 5.82 Å². The lowest BCUT2D eigenvalue weighted by Gasteiger charge is -2.17. The molecule has 23 heavy (non-hydrogen) atoms. The predicted octanol–water partition coefficient (Wildman–Crippen LogP) is 2.15. The topological polar surface area (TPSA) is 74.3 Å². The van der Waals surface area contributed by atoms with Crippen LogP contribution in [-0.4, -0.2) is 29.5 Å². The molecule has 2 aromatic rings. The van der Waals surface area contributed by atoms with Crippen LogP contribution in [0.4, 0.5) is 20.7 Å². The van der Waals surface area contributed by atoms with Gasteiger partial charge in [-0.3, -0.25) is 10.1 Å². The van der Waals surface area contributed by atoms with Crippen molar-refractivity contribution in [3.05, 3.63) is 54.5 Å². The number of amides is 3. The van der Waals surface area contributed by atoms with Gasteiger partial charge in [0.15, 0.2) is 0 Å². The molecule has 6 nitrogen and oxygen atoms in total. The molecule has 1 saturated heterocycles. The van der Waals surface area contributed by atoms with E-state index in [4.69, 9.17) is 0 Å². The Kier molecular flexibility index (Phi) is 4.18. The van der Waals surface area contributed by atoms with Crippen LogP contribution < -0.4 is 15.5 Å². The number of nitrogens with zero attached hydrogens (tertiary/aromatic N) is 2. The van der Waals surface area contributed by atoms with Crippen molar-refractivity contribution in [3.63, 3.8) is 0 Å². The van der Waals surface area contributed by atoms with Crippen LogP contribution in [0.15, 0.2) is 48.7 Å². The SMILES string of the molecule is O=C(Nc1ccccn1)N[C@@H]1CCN(c2ccccc2F)C1=O. The van der Waals surface area contributed by atoms with Crippen molar-refractivity contribution in [2.75, 3.05) is 16.8 Å². The van der Waals surface area contributed by atoms with Crippen LogP contribution in [0.3, 0.4) is 0 Å². The summed E-state index contributed by atoms with van der Waals surface area (Å²) >= 11 is 0. The fourth-order valence-electron chi connectivity index (χ4n) is 2.47. The van der Waals surface area contributed by atoms with Gasteiger partial charge in [-0.25, -0.2) is 14.2 Å². The Morgan fingerprint density at radius 3 is 2.74 bits per heavy atom. The molecular formula is C16H15FN4O2. The Bertz CT molecular complexity index is 723. The molecule has 1 aromatic carbocycles. The number of halogens is 1. The third-order valence-corrected chi connectivity index (χ3v) is 3.56. The normalized spacial score (nSPS) is 17.2. The largest absolute Gasteiger partial charge is 0.326 e. The number of hydrogen-bond donors (Lipinski definition) is 2. The summed E-state index contributed by atoms with van der Waals surface area (Å²) in [6.45, 7) is 0.355. The van der Waals surface area contributed by atoms with E-state index in [0.29, 0.717) is 18.8 Å². The molecule has 0 aliphatic carbocycles. The maximum absolute atomic E-state index is 13.8. The molecule has 0 unspecified atom stereocenters. The maximum atomic E-state index is 13.8. The van der Waals surface area contributed by atoms with Gasteiger partial charge in [0.25, 0.3) is 0 Å². The number of pyridine rings is 1. The number of anilines is 2. The van der Waals surface area contributed by atoms with Crippen LogP contribution in [0.1, 0.15) is 6.42 Å². The van der Waals surface area contributed by atoms with Crippen molar-refractivity contribution >= 4 is 23.4 Å². The Morgan fingerprint density at radius 2 is 2.00 bits per heavy atom. The van der Waals surface area contributed by atoms with E-state index in [1.165, 1.54) is 11.0 Å². The summed E-state index contributed by atoms with van der Waals surface area (Å²) in [5, 5.41) is 5.14. The summed E-state index contributed by atoms with van der Waals surface area (Å²) in [4.78, 5) is 29.6. The summed E-state index contributed by atoms with van der Waals surface area (Å²) in [7, 11) is 0. The molecule has 0 bridgehead atoms. The van der Waals surface area contributed by atoms with E-state index in [1.807, 2.05) is 0 Å². The molecule has 3 rings (SSSR count). The second-order valence-corrected chi connectivity index (χ2v) is 5.10. The first-order valence-corrected chi connectivity index (χ1v) is 7.19. The predicted molar refractivity (Wildman–Crippen MR) is 83.5 cm³/mol. The first kappa shape index (κ1) is 15.0. The molecule has 3 amide bonds. The van der Waals surface area contributed by atoms with E-state index in [1.54, 1.807) is 42.6 Å². The molecule has 0 saturated carbocycles. The molecule has 1 atom stereocenters. The summed E-state index contributed by atoms with van der Waals surface area (Å²) in [5.74, 6) is -0.396. The van der Waals surface area contributed by atoms with Crippen molar-refractivity contribution in [2.24, 2.45) is 0 Å². The van der Waals surface area contributed by atoms with Crippen LogP contribution >= 0.6 is 0 Å². The zero-order chi connectivity index (χ0) is 16.2. The molecule has 118 valence electrons. The Labute approximate surface area is 132 Å². The van der Waals surface area contributed by atoms with Crippen LogP contribution in [0.25, 0.3) is 0 Å². The van der Waals surface area contributed by atoms with Gasteiger partial charge < -0.3 is 10.2 Å². The van der Waals surface area contributed by atoms with Crippen LogP contribution in [0.2, 0.25) is 0 Å². The summed E-state index contributed by atoms with van der Waals surface area (Å²) in [6, 6.07) is 9.99. The third kappa shape index (κ3) is 3.28. The number of aromatic nitrogens is 1. The Morgan fingerprint density at radius 1 is 1.22 bits per heavy atom. The number of nitrogens with one attached hydrogen (secondary N) is 2. The maximum Gasteiger partial charge on any atom is 0.321 e. The highest BCUT2D eigenvalue weighted by Gasteiger charge is 2.34. The average Bonchev–Trinajstić information content (AvgIpc) is 2.90. The van der Waals surface area contributed by atoms with E-state index in [-0.39, 0.29) is 11.6 Å². The molecule has 1 aromatic heterocycles. The number of urea groups is 1. The lowest BCUT2D eigenvalue weighted by atomic mass is 10.2. The highest BCUT2D eigenvalue weighted by Crippen LogP contribution is 2.24. The fraction of sp³-hybridized carbons (Fsp3) is 0.188. The highest BCUT2D eigenvalue weighted by atomic mass is 19.1. The Balaban J connectivity index is 1.63. The lowest BCUT2D eigenvalue weighted by molar-refractivity contribution is -0.118. The van der Waals surface area contributed by atoms with E-state index in [0.717, 1.165) is 0 Å². The first-order chi connectivity index (χ1) is 11.1. The minimum absolute atomic E-state index is 0.229. The second kappa shape index (κ2) is 6.43. The Hall–Kier alpha value is -2.96. The van der Waals surface area contributed by atoms with Crippen LogP contribution in [0.5, 0.6) is 0 Å². The molecule has 2 N–H and O–H groups in total. The van der Waals surface area contributed by atoms with Gasteiger partial charge in [-0.05, 0) is 30.7 Å². The molecule has 1 aliphatic heterocycles. The molecule has 1 fully saturated rings. The third-order valence-electron chi connectivity index (χ3n) is 3.56. The smallest absolute Gasteiger partial charge is 0.321 e. The first-order valence-electron chi connectivity index (χ1n) is 7.19. The number of benzene rings is 1. The minimum atomic E-state index is -0.682. The van der Waals surface area contributed by atoms with Crippen molar-refractivity contribution in [2.45, 2.75) is 12.5 Å². The number of rotatable bonds is 3. The number of hydrogen-bond acceptors (Lipinski definition) is 3. The average molecular weight is 314 g/mol. The minimum Gasteiger partial charge on any atom is -0.326 e. The van der Waals surface area contributed by atoms with E-state index >= 15 is 0 Å². The fourth-order valence-corrected chi connectivity index (χ4v) is 2.47. The van der Waals surface area contributed by atoms with Gasteiger partial charge in [-0.1, -0.05) is 18.2 Å². The van der Waals surface area contributed by atoms with Gasteiger partial charge in [0, 0.05) is 12.7 Å². The monoisotopic (exact) mass is 314 g/mol. The molecule has 0 radical (unpaired) electrons. The van der Waals surface area contributed by atoms with Gasteiger partial charge in [-0.15, -0.1) is 0 Å². The van der Waals surface area contributed by atoms with E-state index < -0.39 is 17.9 Å². The van der Waals surface area contributed by atoms with Crippen molar-refractivity contribution in [1.29, 1.82) is 0 Å². The van der Waals surface area contributed by atoms with Crippen molar-refractivity contribution < 1.29 is 14.0 Å². The van der Waals surface area contributed by atoms with Crippen LogP contribution in [-0.2, 0) is 4.79 Å². The number of para-hydroxylation sites is 1. The van der Waals surface area contributed by atoms with Gasteiger partial charge in [0.2, 0.25) is 5.91 Å². The molecule has 0 spiro atoms. The second-order valence-electron chi connectivity index (χ2n) is 5.10. The number of carbonyl (C=O) groups is 2. The molecule has 7 heteroatoms. The number of carbonyl (C=O) groups excluding carboxylic acids is 2. The van der Waals surface area contributed by atoms with E-state index in [2.05, 4.69) is 15.6 Å². The van der Waals surface area contributed by atoms with Gasteiger partial charge >= 0.3 is 6.03 Å². The highest BCUT2D eigenvalue weighted by molar-refractivity contribution is 6.02. The lowest BCUT2D eigenvalue weighted by Crippen LogP contribution is -2.43. The molecular weight excluding hydrogens is 299 g/mol. The quantitative estimate of drug-likeness (QED) is 0.911. The zero-order valence-corrected chi connectivity index (χ0v) is 12.2. The van der Waals surface area contributed by atoms with Crippen molar-refractivity contribution in [1.82, 2.24) is 10.3 Å². The van der Waals surface area contributed by atoms with Crippen molar-refractivity contribution in [3.8, 4) is 0 Å². The summed E-state index contributed by atoms with van der Waals surface area (Å²) in [5.41, 5.74) is 0.229. The molecule has 2 heterocycles. The van der Waals surface area contributed by atoms with Gasteiger partial charge in [0.05, 0.1) is 5.69 Å². The van der Waals surface area contributed by atoms with E-state index in [9.17, 15) is 14.0 Å². The summed E-state index contributed by atoms with van der Waals surface area (Å²) in [6.07, 6.45) is 1.97. The zero-order valence-electron chi connectivity index (χ0n) is 12.2. The summed E-state index contributed by atoms with van der Waals surface area (Å²) < 4.78 is 13.8. The van der Waals surface area contributed by atoms with Gasteiger partial charge in [-0.2, -0.15) is 0 Å². The molecule has 1 aliphatic rings. The van der Waals surface area contributed by atoms with Gasteiger partial charge in [0.1, 0.15) is 17.7 Å². The standard InChI is InChI=1S/C16H15FN4O2/c17-11-5-1-2-6-13(11)21-10-8-12(15(21)22)19-16(23)20-14-7-3-4-9-18-14/h1-7,9,12H,8,10H2,(H2,18,19,20,23)/t12-/m1/s1.